The highest BCUT2D eigenvalue weighted by Crippen LogP contribution is 2.06. The van der Waals surface area contributed by atoms with Crippen molar-refractivity contribution in [2.24, 2.45) is 0 Å². The van der Waals surface area contributed by atoms with E-state index in [4.69, 9.17) is 8.83 Å². The molecule has 0 aromatic carbocycles. The lowest BCUT2D eigenvalue weighted by Crippen LogP contribution is -1.94. The van der Waals surface area contributed by atoms with Crippen molar-refractivity contribution >= 4 is 11.9 Å². The number of ketones is 1. The van der Waals surface area contributed by atoms with E-state index < -0.39 is 0 Å². The van der Waals surface area contributed by atoms with Gasteiger partial charge in [0, 0.05) is 12.8 Å². The van der Waals surface area contributed by atoms with E-state index in [2.05, 4.69) is 0 Å². The molecule has 0 aliphatic rings. The third kappa shape index (κ3) is 2.98. The Labute approximate surface area is 93.4 Å². The van der Waals surface area contributed by atoms with Crippen LogP contribution in [0.2, 0.25) is 0 Å². The molecular formula is C13H12O3. The summed E-state index contributed by atoms with van der Waals surface area (Å²) in [5, 5.41) is 0. The van der Waals surface area contributed by atoms with E-state index in [0.29, 0.717) is 18.6 Å². The van der Waals surface area contributed by atoms with Gasteiger partial charge in [-0.2, -0.15) is 0 Å². The molecule has 0 saturated heterocycles. The molecule has 2 heterocycles. The third-order valence-electron chi connectivity index (χ3n) is 2.17. The van der Waals surface area contributed by atoms with Gasteiger partial charge in [0.25, 0.3) is 0 Å². The zero-order chi connectivity index (χ0) is 11.2. The SMILES string of the molecule is O=C(/C=C/c1ccco1)CCc1ccco1. The van der Waals surface area contributed by atoms with E-state index in [1.54, 1.807) is 30.7 Å². The van der Waals surface area contributed by atoms with Crippen LogP contribution in [-0.2, 0) is 11.2 Å². The molecule has 2 aromatic heterocycles. The van der Waals surface area contributed by atoms with Crippen molar-refractivity contribution in [3.63, 3.8) is 0 Å². The lowest BCUT2D eigenvalue weighted by atomic mass is 10.2. The topological polar surface area (TPSA) is 43.4 Å². The summed E-state index contributed by atoms with van der Waals surface area (Å²) in [4.78, 5) is 11.5. The Balaban J connectivity index is 1.81. The monoisotopic (exact) mass is 216 g/mol. The van der Waals surface area contributed by atoms with Crippen LogP contribution in [0.25, 0.3) is 6.08 Å². The molecule has 0 atom stereocenters. The van der Waals surface area contributed by atoms with Crippen molar-refractivity contribution in [3.05, 3.63) is 54.4 Å². The number of hydrogen-bond donors (Lipinski definition) is 0. The van der Waals surface area contributed by atoms with Crippen LogP contribution in [0.3, 0.4) is 0 Å². The van der Waals surface area contributed by atoms with Crippen molar-refractivity contribution < 1.29 is 13.6 Å². The number of allylic oxidation sites excluding steroid dienone is 1. The maximum Gasteiger partial charge on any atom is 0.156 e. The van der Waals surface area contributed by atoms with Crippen LogP contribution in [0.15, 0.2) is 51.7 Å². The maximum atomic E-state index is 11.5. The van der Waals surface area contributed by atoms with Crippen LogP contribution in [0.5, 0.6) is 0 Å². The van der Waals surface area contributed by atoms with E-state index in [0.717, 1.165) is 5.76 Å². The summed E-state index contributed by atoms with van der Waals surface area (Å²) in [6.45, 7) is 0. The Morgan fingerprint density at radius 3 is 2.69 bits per heavy atom. The molecule has 3 heteroatoms. The smallest absolute Gasteiger partial charge is 0.156 e. The van der Waals surface area contributed by atoms with Gasteiger partial charge in [-0.3, -0.25) is 4.79 Å². The molecule has 0 bridgehead atoms. The van der Waals surface area contributed by atoms with Gasteiger partial charge in [-0.1, -0.05) is 0 Å². The zero-order valence-electron chi connectivity index (χ0n) is 8.76. The highest BCUT2D eigenvalue weighted by Gasteiger charge is 2.00. The third-order valence-corrected chi connectivity index (χ3v) is 2.17. The molecule has 0 radical (unpaired) electrons. The van der Waals surface area contributed by atoms with Gasteiger partial charge in [0.2, 0.25) is 0 Å². The van der Waals surface area contributed by atoms with Gasteiger partial charge in [0.1, 0.15) is 11.5 Å². The Morgan fingerprint density at radius 2 is 2.00 bits per heavy atom. The summed E-state index contributed by atoms with van der Waals surface area (Å²) in [5.41, 5.74) is 0. The minimum Gasteiger partial charge on any atom is -0.469 e. The number of hydrogen-bond acceptors (Lipinski definition) is 3. The molecule has 0 N–H and O–H groups in total. The van der Waals surface area contributed by atoms with Crippen LogP contribution < -0.4 is 0 Å². The second kappa shape index (κ2) is 5.16. The second-order valence-corrected chi connectivity index (χ2v) is 3.39. The fourth-order valence-corrected chi connectivity index (χ4v) is 1.35. The minimum atomic E-state index is 0.0628. The van der Waals surface area contributed by atoms with E-state index in [9.17, 15) is 4.79 Å². The summed E-state index contributed by atoms with van der Waals surface area (Å²) < 4.78 is 10.2. The van der Waals surface area contributed by atoms with Crippen molar-refractivity contribution in [3.8, 4) is 0 Å². The standard InChI is InChI=1S/C13H12O3/c14-11(5-7-12-3-1-9-15-12)6-8-13-4-2-10-16-13/h1-5,7,9-10H,6,8H2/b7-5+. The quantitative estimate of drug-likeness (QED) is 0.721. The molecule has 0 aliphatic heterocycles. The number of carbonyl (C=O) groups excluding carboxylic acids is 1. The largest absolute Gasteiger partial charge is 0.469 e. The Hall–Kier alpha value is -2.03. The van der Waals surface area contributed by atoms with Gasteiger partial charge < -0.3 is 8.83 Å². The van der Waals surface area contributed by atoms with E-state index >= 15 is 0 Å². The summed E-state index contributed by atoms with van der Waals surface area (Å²) in [6.07, 6.45) is 7.47. The highest BCUT2D eigenvalue weighted by atomic mass is 16.3. The maximum absolute atomic E-state index is 11.5. The molecule has 0 spiro atoms. The molecule has 3 nitrogen and oxygen atoms in total. The van der Waals surface area contributed by atoms with Gasteiger partial charge in [0.15, 0.2) is 5.78 Å². The second-order valence-electron chi connectivity index (χ2n) is 3.39. The lowest BCUT2D eigenvalue weighted by Gasteiger charge is -1.92. The van der Waals surface area contributed by atoms with Crippen molar-refractivity contribution in [1.82, 2.24) is 0 Å². The summed E-state index contributed by atoms with van der Waals surface area (Å²) in [5.74, 6) is 1.58. The highest BCUT2D eigenvalue weighted by molar-refractivity contribution is 5.93. The van der Waals surface area contributed by atoms with Crippen LogP contribution in [-0.4, -0.2) is 5.78 Å². The average molecular weight is 216 g/mol. The Kier molecular flexibility index (Phi) is 3.38. The Morgan fingerprint density at radius 1 is 1.19 bits per heavy atom. The molecule has 16 heavy (non-hydrogen) atoms. The van der Waals surface area contributed by atoms with Crippen molar-refractivity contribution in [1.29, 1.82) is 0 Å². The van der Waals surface area contributed by atoms with Crippen LogP contribution in [0, 0.1) is 0 Å². The predicted octanol–water partition coefficient (Wildman–Crippen LogP) is 3.09. The van der Waals surface area contributed by atoms with Crippen molar-refractivity contribution in [2.45, 2.75) is 12.8 Å². The number of rotatable bonds is 5. The van der Waals surface area contributed by atoms with E-state index in [1.807, 2.05) is 12.1 Å². The first-order chi connectivity index (χ1) is 7.84. The average Bonchev–Trinajstić information content (AvgIpc) is 2.96. The molecule has 0 amide bonds. The normalized spacial score (nSPS) is 11.0. The summed E-state index contributed by atoms with van der Waals surface area (Å²) in [6, 6.07) is 7.27. The fraction of sp³-hybridized carbons (Fsp3) is 0.154. The zero-order valence-corrected chi connectivity index (χ0v) is 8.76. The molecule has 0 fully saturated rings. The van der Waals surface area contributed by atoms with Crippen LogP contribution >= 0.6 is 0 Å². The first kappa shape index (κ1) is 10.5. The number of furan rings is 2. The molecule has 82 valence electrons. The molecule has 0 unspecified atom stereocenters. The van der Waals surface area contributed by atoms with Gasteiger partial charge >= 0.3 is 0 Å². The first-order valence-corrected chi connectivity index (χ1v) is 5.11. The van der Waals surface area contributed by atoms with Gasteiger partial charge in [-0.25, -0.2) is 0 Å². The lowest BCUT2D eigenvalue weighted by molar-refractivity contribution is -0.114. The molecule has 2 rings (SSSR count). The van der Waals surface area contributed by atoms with Crippen LogP contribution in [0.4, 0.5) is 0 Å². The minimum absolute atomic E-state index is 0.0628. The first-order valence-electron chi connectivity index (χ1n) is 5.11. The molecule has 0 saturated carbocycles. The summed E-state index contributed by atoms with van der Waals surface area (Å²) >= 11 is 0. The molecule has 0 aliphatic carbocycles. The van der Waals surface area contributed by atoms with E-state index in [-0.39, 0.29) is 5.78 Å². The van der Waals surface area contributed by atoms with E-state index in [1.165, 1.54) is 6.08 Å². The number of carbonyl (C=O) groups is 1. The number of aryl methyl sites for hydroxylation is 1. The van der Waals surface area contributed by atoms with Crippen LogP contribution in [0.1, 0.15) is 17.9 Å². The summed E-state index contributed by atoms with van der Waals surface area (Å²) in [7, 11) is 0. The van der Waals surface area contributed by atoms with Crippen molar-refractivity contribution in [2.75, 3.05) is 0 Å². The predicted molar refractivity (Wildman–Crippen MR) is 59.8 cm³/mol. The molecule has 2 aromatic rings. The Bertz CT molecular complexity index is 449. The molecular weight excluding hydrogens is 204 g/mol. The van der Waals surface area contributed by atoms with Gasteiger partial charge in [-0.15, -0.1) is 0 Å². The van der Waals surface area contributed by atoms with Gasteiger partial charge in [0.05, 0.1) is 12.5 Å². The fourth-order valence-electron chi connectivity index (χ4n) is 1.35. The van der Waals surface area contributed by atoms with Gasteiger partial charge in [-0.05, 0) is 36.4 Å².